The van der Waals surface area contributed by atoms with E-state index in [4.69, 9.17) is 4.74 Å². The number of carbonyl (C=O) groups excluding carboxylic acids is 2. The van der Waals surface area contributed by atoms with E-state index in [0.29, 0.717) is 17.1 Å². The van der Waals surface area contributed by atoms with Gasteiger partial charge in [-0.3, -0.25) is 9.59 Å². The highest BCUT2D eigenvalue weighted by atomic mass is 32.2. The zero-order valence-corrected chi connectivity index (χ0v) is 19.3. The molecule has 0 spiro atoms. The standard InChI is InChI=1S/C24H25N3O5S/c1-16-6-4-5-7-21(16)27-24(29)15-25-22-13-10-19(32-3)14-23(22)33(30,31)20-11-8-18(9-12-20)26-17(2)28/h4-14,25H,15H2,1-3H3,(H,26,28)(H,27,29). The number of amides is 2. The van der Waals surface area contributed by atoms with Crippen molar-refractivity contribution in [1.29, 1.82) is 0 Å². The van der Waals surface area contributed by atoms with Crippen LogP contribution in [0.4, 0.5) is 17.1 Å². The molecule has 3 N–H and O–H groups in total. The van der Waals surface area contributed by atoms with E-state index >= 15 is 0 Å². The van der Waals surface area contributed by atoms with Gasteiger partial charge in [0, 0.05) is 24.4 Å². The number of carbonyl (C=O) groups is 2. The average Bonchev–Trinajstić information content (AvgIpc) is 2.79. The summed E-state index contributed by atoms with van der Waals surface area (Å²) in [6, 6.07) is 17.8. The van der Waals surface area contributed by atoms with Gasteiger partial charge in [0.1, 0.15) is 5.75 Å². The van der Waals surface area contributed by atoms with E-state index in [9.17, 15) is 18.0 Å². The van der Waals surface area contributed by atoms with Crippen LogP contribution in [0, 0.1) is 6.92 Å². The monoisotopic (exact) mass is 467 g/mol. The molecule has 3 rings (SSSR count). The summed E-state index contributed by atoms with van der Waals surface area (Å²) in [7, 11) is -2.51. The van der Waals surface area contributed by atoms with Crippen LogP contribution in [-0.2, 0) is 19.4 Å². The van der Waals surface area contributed by atoms with E-state index in [0.717, 1.165) is 5.56 Å². The van der Waals surface area contributed by atoms with Crippen LogP contribution in [0.15, 0.2) is 76.5 Å². The second kappa shape index (κ2) is 10.2. The summed E-state index contributed by atoms with van der Waals surface area (Å²) in [5.74, 6) is -0.213. The lowest BCUT2D eigenvalue weighted by Crippen LogP contribution is -2.23. The van der Waals surface area contributed by atoms with Crippen LogP contribution in [0.1, 0.15) is 12.5 Å². The molecule has 9 heteroatoms. The van der Waals surface area contributed by atoms with Crippen LogP contribution in [-0.4, -0.2) is 33.9 Å². The number of anilines is 3. The van der Waals surface area contributed by atoms with E-state index in [2.05, 4.69) is 16.0 Å². The fourth-order valence-electron chi connectivity index (χ4n) is 3.13. The van der Waals surface area contributed by atoms with Crippen LogP contribution in [0.3, 0.4) is 0 Å². The minimum absolute atomic E-state index is 0.0298. The number of nitrogens with one attached hydrogen (secondary N) is 3. The molecule has 0 saturated carbocycles. The Bertz CT molecular complexity index is 1270. The summed E-state index contributed by atoms with van der Waals surface area (Å²) in [6.45, 7) is 3.12. The van der Waals surface area contributed by atoms with E-state index in [1.807, 2.05) is 25.1 Å². The fourth-order valence-corrected chi connectivity index (χ4v) is 4.58. The van der Waals surface area contributed by atoms with Crippen LogP contribution in [0.25, 0.3) is 0 Å². The van der Waals surface area contributed by atoms with Gasteiger partial charge in [-0.15, -0.1) is 0 Å². The number of rotatable bonds is 8. The molecule has 0 atom stereocenters. The Kier molecular flexibility index (Phi) is 7.34. The van der Waals surface area contributed by atoms with Crippen molar-refractivity contribution in [2.45, 2.75) is 23.6 Å². The summed E-state index contributed by atoms with van der Waals surface area (Å²) in [5, 5.41) is 8.32. The molecule has 33 heavy (non-hydrogen) atoms. The number of sulfone groups is 1. The number of aryl methyl sites for hydroxylation is 1. The highest BCUT2D eigenvalue weighted by Gasteiger charge is 2.23. The predicted molar refractivity (Wildman–Crippen MR) is 127 cm³/mol. The molecule has 172 valence electrons. The smallest absolute Gasteiger partial charge is 0.243 e. The molecule has 2 amide bonds. The van der Waals surface area contributed by atoms with E-state index in [1.165, 1.54) is 44.4 Å². The van der Waals surface area contributed by atoms with Crippen molar-refractivity contribution in [2.75, 3.05) is 29.6 Å². The average molecular weight is 468 g/mol. The largest absolute Gasteiger partial charge is 0.497 e. The molecule has 0 fully saturated rings. The molecule has 0 aromatic heterocycles. The first-order chi connectivity index (χ1) is 15.7. The van der Waals surface area contributed by atoms with Gasteiger partial charge in [0.15, 0.2) is 0 Å². The Morgan fingerprint density at radius 3 is 2.24 bits per heavy atom. The molecule has 0 heterocycles. The lowest BCUT2D eigenvalue weighted by molar-refractivity contribution is -0.115. The highest BCUT2D eigenvalue weighted by Crippen LogP contribution is 2.31. The predicted octanol–water partition coefficient (Wildman–Crippen LogP) is 3.85. The number of hydrogen-bond acceptors (Lipinski definition) is 6. The minimum Gasteiger partial charge on any atom is -0.497 e. The normalized spacial score (nSPS) is 10.9. The first-order valence-electron chi connectivity index (χ1n) is 10.1. The molecule has 0 unspecified atom stereocenters. The lowest BCUT2D eigenvalue weighted by Gasteiger charge is -2.15. The van der Waals surface area contributed by atoms with Gasteiger partial charge in [0.2, 0.25) is 21.7 Å². The number of methoxy groups -OCH3 is 1. The van der Waals surface area contributed by atoms with Crippen LogP contribution < -0.4 is 20.7 Å². The number of hydrogen-bond donors (Lipinski definition) is 3. The van der Waals surface area contributed by atoms with E-state index in [1.54, 1.807) is 18.2 Å². The van der Waals surface area contributed by atoms with Crippen LogP contribution >= 0.6 is 0 Å². The van der Waals surface area contributed by atoms with Gasteiger partial charge in [0.25, 0.3) is 0 Å². The third-order valence-corrected chi connectivity index (χ3v) is 6.63. The molecule has 0 aliphatic rings. The summed E-state index contributed by atoms with van der Waals surface area (Å²) < 4.78 is 31.9. The van der Waals surface area contributed by atoms with E-state index < -0.39 is 9.84 Å². The van der Waals surface area contributed by atoms with Crippen LogP contribution in [0.2, 0.25) is 0 Å². The number of ether oxygens (including phenoxy) is 1. The molecule has 0 radical (unpaired) electrons. The van der Waals surface area contributed by atoms with Gasteiger partial charge < -0.3 is 20.7 Å². The molecule has 8 nitrogen and oxygen atoms in total. The lowest BCUT2D eigenvalue weighted by atomic mass is 10.2. The zero-order valence-electron chi connectivity index (χ0n) is 18.5. The molecular formula is C24H25N3O5S. The Morgan fingerprint density at radius 2 is 1.61 bits per heavy atom. The van der Waals surface area contributed by atoms with Gasteiger partial charge in [-0.1, -0.05) is 18.2 Å². The number of para-hydroxylation sites is 1. The van der Waals surface area contributed by atoms with Crippen molar-refractivity contribution in [2.24, 2.45) is 0 Å². The Labute approximate surface area is 192 Å². The van der Waals surface area contributed by atoms with Crippen molar-refractivity contribution in [3.8, 4) is 5.75 Å². The number of benzene rings is 3. The van der Waals surface area contributed by atoms with Crippen molar-refractivity contribution >= 4 is 38.7 Å². The zero-order chi connectivity index (χ0) is 24.0. The third kappa shape index (κ3) is 5.89. The topological polar surface area (TPSA) is 114 Å². The molecule has 0 saturated heterocycles. The Morgan fingerprint density at radius 1 is 0.909 bits per heavy atom. The van der Waals surface area contributed by atoms with Gasteiger partial charge in [-0.2, -0.15) is 0 Å². The molecular weight excluding hydrogens is 442 g/mol. The van der Waals surface area contributed by atoms with Gasteiger partial charge in [-0.05, 0) is 55.0 Å². The molecule has 0 bridgehead atoms. The second-order valence-corrected chi connectivity index (χ2v) is 9.21. The van der Waals surface area contributed by atoms with Crippen LogP contribution in [0.5, 0.6) is 5.75 Å². The van der Waals surface area contributed by atoms with Crippen molar-refractivity contribution in [3.63, 3.8) is 0 Å². The minimum atomic E-state index is -3.95. The molecule has 3 aromatic carbocycles. The van der Waals surface area contributed by atoms with Crippen molar-refractivity contribution in [1.82, 2.24) is 0 Å². The summed E-state index contributed by atoms with van der Waals surface area (Å²) in [6.07, 6.45) is 0. The summed E-state index contributed by atoms with van der Waals surface area (Å²) >= 11 is 0. The SMILES string of the molecule is COc1ccc(NCC(=O)Nc2ccccc2C)c(S(=O)(=O)c2ccc(NC(C)=O)cc2)c1. The highest BCUT2D eigenvalue weighted by molar-refractivity contribution is 7.91. The van der Waals surface area contributed by atoms with Gasteiger partial charge >= 0.3 is 0 Å². The fraction of sp³-hybridized carbons (Fsp3) is 0.167. The molecule has 0 aliphatic heterocycles. The Hall–Kier alpha value is -3.85. The van der Waals surface area contributed by atoms with Crippen molar-refractivity contribution in [3.05, 3.63) is 72.3 Å². The first kappa shape index (κ1) is 23.8. The Balaban J connectivity index is 1.85. The van der Waals surface area contributed by atoms with Crippen molar-refractivity contribution < 1.29 is 22.7 Å². The maximum absolute atomic E-state index is 13.4. The summed E-state index contributed by atoms with van der Waals surface area (Å²) in [4.78, 5) is 23.7. The molecule has 3 aromatic rings. The van der Waals surface area contributed by atoms with Gasteiger partial charge in [-0.25, -0.2) is 8.42 Å². The van der Waals surface area contributed by atoms with E-state index in [-0.39, 0.29) is 33.8 Å². The maximum atomic E-state index is 13.4. The summed E-state index contributed by atoms with van der Waals surface area (Å²) in [5.41, 5.74) is 2.35. The third-order valence-electron chi connectivity index (χ3n) is 4.82. The first-order valence-corrected chi connectivity index (χ1v) is 11.6. The quantitative estimate of drug-likeness (QED) is 0.464. The van der Waals surface area contributed by atoms with Gasteiger partial charge in [0.05, 0.1) is 29.1 Å². The molecule has 0 aliphatic carbocycles. The maximum Gasteiger partial charge on any atom is 0.243 e. The second-order valence-electron chi connectivity index (χ2n) is 7.29.